The van der Waals surface area contributed by atoms with Crippen LogP contribution in [-0.2, 0) is 0 Å². The molecule has 0 aliphatic carbocycles. The summed E-state index contributed by atoms with van der Waals surface area (Å²) in [7, 11) is -2.73. The summed E-state index contributed by atoms with van der Waals surface area (Å²) < 4.78 is 6.24. The zero-order valence-electron chi connectivity index (χ0n) is 37.1. The summed E-state index contributed by atoms with van der Waals surface area (Å²) in [6, 6.07) is 92.1. The molecule has 13 rings (SSSR count). The van der Waals surface area contributed by atoms with E-state index >= 15 is 0 Å². The highest BCUT2D eigenvalue weighted by molar-refractivity contribution is 7.22. The molecule has 0 radical (unpaired) electrons. The largest absolute Gasteiger partial charge is 0.456 e. The van der Waals surface area contributed by atoms with Crippen molar-refractivity contribution in [2.24, 2.45) is 0 Å². The average molecular weight is 883 g/mol. The Morgan fingerprint density at radius 3 is 1.53 bits per heavy atom. The van der Waals surface area contributed by atoms with Crippen LogP contribution in [0, 0.1) is 0 Å². The first kappa shape index (κ1) is 39.6. The van der Waals surface area contributed by atoms with Crippen LogP contribution in [0.5, 0.6) is 0 Å². The minimum absolute atomic E-state index is 0.681. The Hall–Kier alpha value is -8.70. The van der Waals surface area contributed by atoms with Gasteiger partial charge in [0.15, 0.2) is 13.9 Å². The maximum absolute atomic E-state index is 6.24. The van der Waals surface area contributed by atoms with E-state index in [-0.39, 0.29) is 0 Å². The maximum atomic E-state index is 6.24. The lowest BCUT2D eigenvalue weighted by atomic mass is 9.93. The van der Waals surface area contributed by atoms with E-state index < -0.39 is 8.07 Å². The second-order valence-electron chi connectivity index (χ2n) is 17.6. The Morgan fingerprint density at radius 1 is 0.294 bits per heavy atom. The summed E-state index contributed by atoms with van der Waals surface area (Å²) in [5, 5.41) is 7.86. The second-order valence-corrected chi connectivity index (χ2v) is 21.3. The van der Waals surface area contributed by atoms with Gasteiger partial charge >= 0.3 is 0 Å². The number of furan rings is 1. The van der Waals surface area contributed by atoms with Crippen molar-refractivity contribution in [3.05, 3.63) is 255 Å². The van der Waals surface area contributed by atoms with Crippen molar-refractivity contribution < 1.29 is 4.42 Å². The van der Waals surface area contributed by atoms with E-state index in [9.17, 15) is 0 Å². The van der Waals surface area contributed by atoms with Crippen molar-refractivity contribution in [1.82, 2.24) is 9.97 Å². The third-order valence-corrected chi connectivity index (χ3v) is 18.7. The third kappa shape index (κ3) is 6.57. The van der Waals surface area contributed by atoms with Crippen molar-refractivity contribution in [2.45, 2.75) is 0 Å². The summed E-state index contributed by atoms with van der Waals surface area (Å²) in [5.41, 5.74) is 16.1. The molecule has 0 bridgehead atoms. The van der Waals surface area contributed by atoms with Gasteiger partial charge in [0, 0.05) is 27.5 Å². The maximum Gasteiger partial charge on any atom is 0.181 e. The lowest BCUT2D eigenvalue weighted by Crippen LogP contribution is -2.73. The predicted molar refractivity (Wildman–Crippen MR) is 285 cm³/mol. The average Bonchev–Trinajstić information content (AvgIpc) is 3.95. The molecule has 0 fully saturated rings. The number of fused-ring (bicyclic) bond motifs is 6. The summed E-state index contributed by atoms with van der Waals surface area (Å²) in [6.45, 7) is 0. The first-order valence-electron chi connectivity index (χ1n) is 23.2. The molecule has 0 spiro atoms. The lowest BCUT2D eigenvalue weighted by Gasteiger charge is -2.33. The fourth-order valence-electron chi connectivity index (χ4n) is 10.7. The molecule has 0 saturated carbocycles. The highest BCUT2D eigenvalue weighted by atomic mass is 28.3. The molecular formula is C64H42N2OSi. The van der Waals surface area contributed by atoms with Crippen LogP contribution in [0.3, 0.4) is 0 Å². The fraction of sp³-hybridized carbons (Fsp3) is 0. The van der Waals surface area contributed by atoms with E-state index in [0.717, 1.165) is 72.3 Å². The molecule has 10 aromatic carbocycles. The summed E-state index contributed by atoms with van der Waals surface area (Å²) in [5.74, 6) is 0.681. The minimum atomic E-state index is -2.73. The topological polar surface area (TPSA) is 38.9 Å². The second kappa shape index (κ2) is 16.3. The van der Waals surface area contributed by atoms with Gasteiger partial charge in [-0.05, 0) is 108 Å². The van der Waals surface area contributed by atoms with Gasteiger partial charge in [-0.3, -0.25) is 0 Å². The van der Waals surface area contributed by atoms with Gasteiger partial charge in [0.2, 0.25) is 0 Å². The van der Waals surface area contributed by atoms with E-state index in [1.807, 2.05) is 18.2 Å². The van der Waals surface area contributed by atoms with Crippen LogP contribution in [0.25, 0.3) is 100 Å². The quantitative estimate of drug-likeness (QED) is 0.143. The monoisotopic (exact) mass is 882 g/mol. The van der Waals surface area contributed by atoms with Gasteiger partial charge in [0.05, 0.1) is 11.4 Å². The Balaban J connectivity index is 0.966. The van der Waals surface area contributed by atoms with Gasteiger partial charge in [-0.2, -0.15) is 0 Å². The molecule has 12 aromatic rings. The molecule has 1 aliphatic rings. The summed E-state index contributed by atoms with van der Waals surface area (Å²) in [6.07, 6.45) is 0. The predicted octanol–water partition coefficient (Wildman–Crippen LogP) is 13.7. The molecule has 3 heterocycles. The van der Waals surface area contributed by atoms with Gasteiger partial charge in [0.1, 0.15) is 11.2 Å². The van der Waals surface area contributed by atoms with E-state index in [1.54, 1.807) is 0 Å². The molecule has 4 heteroatoms. The van der Waals surface area contributed by atoms with Crippen LogP contribution in [0.2, 0.25) is 0 Å². The van der Waals surface area contributed by atoms with Crippen molar-refractivity contribution in [2.75, 3.05) is 0 Å². The molecular weight excluding hydrogens is 841 g/mol. The number of rotatable bonds is 8. The number of hydrogen-bond donors (Lipinski definition) is 0. The van der Waals surface area contributed by atoms with E-state index in [4.69, 9.17) is 14.4 Å². The lowest BCUT2D eigenvalue weighted by molar-refractivity contribution is 0.669. The first-order chi connectivity index (χ1) is 33.7. The number of benzene rings is 10. The van der Waals surface area contributed by atoms with Gasteiger partial charge in [-0.1, -0.05) is 212 Å². The van der Waals surface area contributed by atoms with E-state index in [1.165, 1.54) is 43.0 Å². The zero-order chi connectivity index (χ0) is 45.0. The van der Waals surface area contributed by atoms with Crippen LogP contribution in [-0.4, -0.2) is 18.0 Å². The zero-order valence-corrected chi connectivity index (χ0v) is 38.1. The van der Waals surface area contributed by atoms with Gasteiger partial charge in [-0.25, -0.2) is 9.97 Å². The van der Waals surface area contributed by atoms with Gasteiger partial charge in [0.25, 0.3) is 0 Å². The Kier molecular flexibility index (Phi) is 9.51. The molecule has 0 atom stereocenters. The van der Waals surface area contributed by atoms with Gasteiger partial charge in [-0.15, -0.1) is 0 Å². The number of nitrogens with zero attached hydrogens (tertiary/aromatic N) is 2. The Labute approximate surface area is 396 Å². The molecule has 2 aromatic heterocycles. The van der Waals surface area contributed by atoms with Crippen LogP contribution >= 0.6 is 0 Å². The first-order valence-corrected chi connectivity index (χ1v) is 25.2. The molecule has 0 amide bonds. The van der Waals surface area contributed by atoms with Crippen molar-refractivity contribution in [3.63, 3.8) is 0 Å². The molecule has 0 unspecified atom stereocenters. The molecule has 0 N–H and O–H groups in total. The van der Waals surface area contributed by atoms with E-state index in [0.29, 0.717) is 5.82 Å². The van der Waals surface area contributed by atoms with Gasteiger partial charge < -0.3 is 4.42 Å². The highest BCUT2D eigenvalue weighted by Crippen LogP contribution is 2.39. The smallest absolute Gasteiger partial charge is 0.181 e. The van der Waals surface area contributed by atoms with Crippen molar-refractivity contribution in [1.29, 1.82) is 0 Å². The molecule has 0 saturated heterocycles. The summed E-state index contributed by atoms with van der Waals surface area (Å²) >= 11 is 0. The molecule has 318 valence electrons. The normalized spacial score (nSPS) is 12.5. The van der Waals surface area contributed by atoms with Crippen LogP contribution in [0.15, 0.2) is 259 Å². The third-order valence-electron chi connectivity index (χ3n) is 13.8. The Bertz CT molecular complexity index is 3790. The van der Waals surface area contributed by atoms with Crippen LogP contribution < -0.4 is 20.7 Å². The number of para-hydroxylation sites is 1. The molecule has 1 aliphatic heterocycles. The molecule has 68 heavy (non-hydrogen) atoms. The van der Waals surface area contributed by atoms with Crippen LogP contribution in [0.4, 0.5) is 0 Å². The standard InChI is InChI=1S/C64H42N2OSi/c1-5-18-43(19-6-1)48-38-49(47-36-37-61-57(41-47)54-26-13-15-30-60(54)67-61)40-50(39-48)59-42-58(65-64(66-59)46-20-7-2-8-21-46)45-34-32-44(33-35-45)53-28-17-29-56-55-27-14-16-31-62(55)68(63(53)56,51-22-9-3-10-23-51)52-24-11-4-12-25-52/h1-42H. The van der Waals surface area contributed by atoms with Crippen molar-refractivity contribution >= 4 is 50.8 Å². The summed E-state index contributed by atoms with van der Waals surface area (Å²) in [4.78, 5) is 10.6. The Morgan fingerprint density at radius 2 is 0.809 bits per heavy atom. The fourth-order valence-corrected chi connectivity index (χ4v) is 16.1. The minimum Gasteiger partial charge on any atom is -0.456 e. The molecule has 3 nitrogen and oxygen atoms in total. The van der Waals surface area contributed by atoms with E-state index in [2.05, 4.69) is 237 Å². The van der Waals surface area contributed by atoms with Crippen LogP contribution in [0.1, 0.15) is 0 Å². The number of aromatic nitrogens is 2. The number of hydrogen-bond acceptors (Lipinski definition) is 3. The van der Waals surface area contributed by atoms with Crippen molar-refractivity contribution in [3.8, 4) is 78.4 Å². The SMILES string of the molecule is c1ccc(-c2cc(-c3ccc4oc5ccccc5c4c3)cc(-c3cc(-c4ccc(-c5cccc6c5[Si](c5ccccc5)(c5ccccc5)c5ccccc5-6)cc4)nc(-c4ccccc4)n3)c2)cc1. The highest BCUT2D eigenvalue weighted by Gasteiger charge is 2.49.